The molecule has 1 fully saturated rings. The van der Waals surface area contributed by atoms with Crippen LogP contribution in [0.4, 0.5) is 0 Å². The number of carbonyl (C=O) groups is 1. The van der Waals surface area contributed by atoms with E-state index in [9.17, 15) is 9.90 Å². The maximum atomic E-state index is 10.4. The van der Waals surface area contributed by atoms with Crippen molar-refractivity contribution in [2.45, 2.75) is 25.0 Å². The molecule has 5 nitrogen and oxygen atoms in total. The van der Waals surface area contributed by atoms with Crippen LogP contribution in [0.1, 0.15) is 13.3 Å². The van der Waals surface area contributed by atoms with Gasteiger partial charge in [-0.2, -0.15) is 0 Å². The molecule has 1 saturated heterocycles. The molecular weight excluding hydrogens is 172 g/mol. The number of aliphatic carboxylic acids is 1. The van der Waals surface area contributed by atoms with E-state index < -0.39 is 17.6 Å². The first-order chi connectivity index (χ1) is 5.91. The molecule has 1 rings (SSSR count). The van der Waals surface area contributed by atoms with Gasteiger partial charge in [0.1, 0.15) is 6.04 Å². The van der Waals surface area contributed by atoms with Crippen molar-refractivity contribution >= 4 is 5.97 Å². The fraction of sp³-hybridized carbons (Fsp3) is 0.875. The van der Waals surface area contributed by atoms with Crippen molar-refractivity contribution in [3.05, 3.63) is 0 Å². The summed E-state index contributed by atoms with van der Waals surface area (Å²) in [6, 6.07) is -0.853. The number of carboxylic acids is 1. The van der Waals surface area contributed by atoms with Crippen molar-refractivity contribution in [1.29, 1.82) is 0 Å². The van der Waals surface area contributed by atoms with Gasteiger partial charge in [0, 0.05) is 19.6 Å². The summed E-state index contributed by atoms with van der Waals surface area (Å²) in [5.41, 5.74) is 4.68. The fourth-order valence-corrected chi connectivity index (χ4v) is 1.55. The molecule has 2 unspecified atom stereocenters. The largest absolute Gasteiger partial charge is 0.480 e. The van der Waals surface area contributed by atoms with E-state index in [0.717, 1.165) is 0 Å². The lowest BCUT2D eigenvalue weighted by molar-refractivity contribution is -0.139. The molecule has 5 heteroatoms. The lowest BCUT2D eigenvalue weighted by Gasteiger charge is -2.20. The van der Waals surface area contributed by atoms with Crippen molar-refractivity contribution in [3.63, 3.8) is 0 Å². The highest BCUT2D eigenvalue weighted by molar-refractivity contribution is 5.73. The van der Waals surface area contributed by atoms with Gasteiger partial charge in [-0.15, -0.1) is 0 Å². The average Bonchev–Trinajstić information content (AvgIpc) is 2.30. The monoisotopic (exact) mass is 188 g/mol. The van der Waals surface area contributed by atoms with Crippen LogP contribution in [-0.2, 0) is 4.79 Å². The molecule has 0 saturated carbocycles. The second-order valence-corrected chi connectivity index (χ2v) is 3.93. The lowest BCUT2D eigenvalue weighted by Crippen LogP contribution is -2.43. The highest BCUT2D eigenvalue weighted by Gasteiger charge is 2.32. The molecule has 2 atom stereocenters. The van der Waals surface area contributed by atoms with Crippen molar-refractivity contribution in [1.82, 2.24) is 4.90 Å². The van der Waals surface area contributed by atoms with E-state index in [4.69, 9.17) is 10.8 Å². The molecule has 4 N–H and O–H groups in total. The van der Waals surface area contributed by atoms with Crippen LogP contribution in [-0.4, -0.2) is 52.4 Å². The molecule has 1 aliphatic rings. The molecule has 0 aromatic rings. The maximum absolute atomic E-state index is 10.4. The Morgan fingerprint density at radius 2 is 2.38 bits per heavy atom. The second-order valence-electron chi connectivity index (χ2n) is 3.93. The van der Waals surface area contributed by atoms with E-state index in [1.54, 1.807) is 6.92 Å². The molecule has 0 aliphatic carbocycles. The first-order valence-electron chi connectivity index (χ1n) is 4.34. The van der Waals surface area contributed by atoms with Crippen molar-refractivity contribution < 1.29 is 15.0 Å². The Morgan fingerprint density at radius 1 is 1.77 bits per heavy atom. The number of rotatable bonds is 3. The number of nitrogens with zero attached hydrogens (tertiary/aromatic N) is 1. The Kier molecular flexibility index (Phi) is 2.90. The van der Waals surface area contributed by atoms with E-state index >= 15 is 0 Å². The Hall–Kier alpha value is -0.650. The first kappa shape index (κ1) is 10.4. The summed E-state index contributed by atoms with van der Waals surface area (Å²) in [6.07, 6.45) is 0.680. The van der Waals surface area contributed by atoms with Crippen molar-refractivity contribution in [2.24, 2.45) is 5.73 Å². The van der Waals surface area contributed by atoms with Crippen molar-refractivity contribution in [3.8, 4) is 0 Å². The van der Waals surface area contributed by atoms with Gasteiger partial charge >= 0.3 is 5.97 Å². The number of aliphatic hydroxyl groups is 1. The van der Waals surface area contributed by atoms with Gasteiger partial charge in [0.25, 0.3) is 0 Å². The lowest BCUT2D eigenvalue weighted by atomic mass is 10.1. The van der Waals surface area contributed by atoms with E-state index in [-0.39, 0.29) is 0 Å². The van der Waals surface area contributed by atoms with Crippen LogP contribution >= 0.6 is 0 Å². The number of hydrogen-bond donors (Lipinski definition) is 3. The van der Waals surface area contributed by atoms with E-state index in [1.165, 1.54) is 0 Å². The zero-order valence-electron chi connectivity index (χ0n) is 7.73. The SMILES string of the molecule is CC1(O)CCN(CC(N)C(=O)O)C1. The van der Waals surface area contributed by atoms with Crippen LogP contribution in [0.2, 0.25) is 0 Å². The number of carboxylic acid groups (broad SMARTS) is 1. The van der Waals surface area contributed by atoms with Gasteiger partial charge in [-0.1, -0.05) is 0 Å². The van der Waals surface area contributed by atoms with Gasteiger partial charge < -0.3 is 15.9 Å². The standard InChI is InChI=1S/C8H16N2O3/c1-8(13)2-3-10(5-8)4-6(9)7(11)12/h6,13H,2-5,9H2,1H3,(H,11,12). The van der Waals surface area contributed by atoms with Crippen molar-refractivity contribution in [2.75, 3.05) is 19.6 Å². The summed E-state index contributed by atoms with van der Waals surface area (Å²) in [7, 11) is 0. The normalized spacial score (nSPS) is 31.9. The topological polar surface area (TPSA) is 86.8 Å². The first-order valence-corrected chi connectivity index (χ1v) is 4.34. The summed E-state index contributed by atoms with van der Waals surface area (Å²) in [5, 5.41) is 18.1. The predicted octanol–water partition coefficient (Wildman–Crippen LogP) is -1.14. The van der Waals surface area contributed by atoms with Crippen LogP contribution in [0.3, 0.4) is 0 Å². The Balaban J connectivity index is 2.36. The summed E-state index contributed by atoms with van der Waals surface area (Å²) in [6.45, 7) is 3.28. The minimum absolute atomic E-state index is 0.311. The third-order valence-electron chi connectivity index (χ3n) is 2.30. The zero-order valence-corrected chi connectivity index (χ0v) is 7.73. The van der Waals surface area contributed by atoms with Crippen LogP contribution in [0, 0.1) is 0 Å². The summed E-state index contributed by atoms with van der Waals surface area (Å²) < 4.78 is 0. The Morgan fingerprint density at radius 3 is 2.77 bits per heavy atom. The smallest absolute Gasteiger partial charge is 0.321 e. The predicted molar refractivity (Wildman–Crippen MR) is 47.3 cm³/mol. The molecule has 0 amide bonds. The van der Waals surface area contributed by atoms with Crippen LogP contribution in [0.5, 0.6) is 0 Å². The number of β-amino-alcohol motifs (C(OH)–C–C–N with tert-alkyl or cyclic N) is 1. The van der Waals surface area contributed by atoms with E-state index in [1.807, 2.05) is 4.90 Å². The average molecular weight is 188 g/mol. The molecule has 13 heavy (non-hydrogen) atoms. The molecule has 1 aliphatic heterocycles. The van der Waals surface area contributed by atoms with Gasteiger partial charge in [0.05, 0.1) is 5.60 Å². The molecule has 1 heterocycles. The van der Waals surface area contributed by atoms with E-state index in [2.05, 4.69) is 0 Å². The van der Waals surface area contributed by atoms with Crippen LogP contribution in [0.15, 0.2) is 0 Å². The molecule has 0 bridgehead atoms. The third kappa shape index (κ3) is 2.95. The fourth-order valence-electron chi connectivity index (χ4n) is 1.55. The van der Waals surface area contributed by atoms with Gasteiger partial charge in [0.2, 0.25) is 0 Å². The molecule has 0 aromatic heterocycles. The minimum atomic E-state index is -0.994. The van der Waals surface area contributed by atoms with Crippen LogP contribution in [0.25, 0.3) is 0 Å². The minimum Gasteiger partial charge on any atom is -0.480 e. The Labute approximate surface area is 77.1 Å². The van der Waals surface area contributed by atoms with Gasteiger partial charge in [-0.05, 0) is 13.3 Å². The van der Waals surface area contributed by atoms with E-state index in [0.29, 0.717) is 26.1 Å². The highest BCUT2D eigenvalue weighted by atomic mass is 16.4. The summed E-state index contributed by atoms with van der Waals surface area (Å²) in [4.78, 5) is 12.3. The summed E-state index contributed by atoms with van der Waals surface area (Å²) >= 11 is 0. The molecule has 0 radical (unpaired) electrons. The van der Waals surface area contributed by atoms with Gasteiger partial charge in [-0.3, -0.25) is 9.69 Å². The summed E-state index contributed by atoms with van der Waals surface area (Å²) in [5.74, 6) is -0.994. The Bertz CT molecular complexity index is 206. The number of likely N-dealkylation sites (tertiary alicyclic amines) is 1. The highest BCUT2D eigenvalue weighted by Crippen LogP contribution is 2.19. The van der Waals surface area contributed by atoms with Crippen LogP contribution < -0.4 is 5.73 Å². The maximum Gasteiger partial charge on any atom is 0.321 e. The number of hydrogen-bond acceptors (Lipinski definition) is 4. The van der Waals surface area contributed by atoms with Gasteiger partial charge in [-0.25, -0.2) is 0 Å². The number of nitrogens with two attached hydrogens (primary N) is 1. The molecule has 0 spiro atoms. The third-order valence-corrected chi connectivity index (χ3v) is 2.30. The quantitative estimate of drug-likeness (QED) is 0.521. The zero-order chi connectivity index (χ0) is 10.1. The molecular formula is C8H16N2O3. The van der Waals surface area contributed by atoms with Gasteiger partial charge in [0.15, 0.2) is 0 Å². The molecule has 0 aromatic carbocycles. The second kappa shape index (κ2) is 3.61. The molecule has 76 valence electrons.